The number of fused-ring (bicyclic) bond motifs is 3. The number of aromatic nitrogens is 4. The second kappa shape index (κ2) is 2.91. The molecular formula is C11H11N5. The van der Waals surface area contributed by atoms with Crippen LogP contribution in [0.1, 0.15) is 6.93 Å². The fourth-order valence-corrected chi connectivity index (χ4v) is 1.94. The Morgan fingerprint density at radius 3 is 3.12 bits per heavy atom. The number of nitrogens with two attached hydrogens (primary N) is 1. The Kier molecular flexibility index (Phi) is 1.46. The Morgan fingerprint density at radius 1 is 1.50 bits per heavy atom. The van der Waals surface area contributed by atoms with Crippen molar-refractivity contribution in [2.24, 2.45) is 7.05 Å². The van der Waals surface area contributed by atoms with Crippen LogP contribution in [0.15, 0.2) is 18.6 Å². The Balaban J connectivity index is 2.65. The molecule has 0 spiro atoms. The van der Waals surface area contributed by atoms with Crippen molar-refractivity contribution in [3.63, 3.8) is 0 Å². The van der Waals surface area contributed by atoms with Crippen LogP contribution in [0.4, 0.5) is 5.82 Å². The fraction of sp³-hybridized carbons (Fsp3) is 0.182. The molecule has 2 N–H and O–H groups in total. The van der Waals surface area contributed by atoms with E-state index in [4.69, 9.17) is 7.10 Å². The molecule has 0 atom stereocenters. The van der Waals surface area contributed by atoms with Crippen LogP contribution in [0.25, 0.3) is 21.8 Å². The Morgan fingerprint density at radius 2 is 2.31 bits per heavy atom. The third-order valence-electron chi connectivity index (χ3n) is 2.63. The van der Waals surface area contributed by atoms with E-state index in [1.54, 1.807) is 10.9 Å². The molecule has 3 rings (SSSR count). The van der Waals surface area contributed by atoms with Crippen molar-refractivity contribution in [2.45, 2.75) is 6.92 Å². The average Bonchev–Trinajstić information content (AvgIpc) is 2.66. The summed E-state index contributed by atoms with van der Waals surface area (Å²) in [6.45, 7) is 1.85. The van der Waals surface area contributed by atoms with Gasteiger partial charge in [0.1, 0.15) is 11.3 Å². The van der Waals surface area contributed by atoms with Gasteiger partial charge in [0.05, 0.1) is 18.5 Å². The summed E-state index contributed by atoms with van der Waals surface area (Å²) in [5, 5.41) is 6.06. The maximum atomic E-state index is 7.73. The molecular weight excluding hydrogens is 202 g/mol. The third kappa shape index (κ3) is 1.08. The van der Waals surface area contributed by atoms with E-state index < -0.39 is 0 Å². The Hall–Kier alpha value is -2.17. The van der Waals surface area contributed by atoms with E-state index in [0.29, 0.717) is 11.3 Å². The number of hydrogen-bond acceptors (Lipinski definition) is 4. The average molecular weight is 215 g/mol. The number of pyridine rings is 2. The number of anilines is 1. The van der Waals surface area contributed by atoms with Gasteiger partial charge in [-0.25, -0.2) is 4.98 Å². The van der Waals surface area contributed by atoms with Gasteiger partial charge < -0.3 is 5.73 Å². The van der Waals surface area contributed by atoms with E-state index in [1.807, 2.05) is 20.2 Å². The standard InChI is InChI=1S/C11H11N5/c1-6-3-13-4-8-9(6)10-7(11(12)14-8)5-16(2)15-10/h3-5H,1-2H3,(H2,12,14)/i3T. The van der Waals surface area contributed by atoms with E-state index >= 15 is 0 Å². The topological polar surface area (TPSA) is 69.6 Å². The summed E-state index contributed by atoms with van der Waals surface area (Å²) >= 11 is 0. The van der Waals surface area contributed by atoms with Gasteiger partial charge in [0.25, 0.3) is 0 Å². The first-order valence-corrected chi connectivity index (χ1v) is 4.92. The fourth-order valence-electron chi connectivity index (χ4n) is 1.94. The van der Waals surface area contributed by atoms with Crippen molar-refractivity contribution in [1.82, 2.24) is 19.7 Å². The molecule has 0 unspecified atom stereocenters. The second-order valence-corrected chi connectivity index (χ2v) is 3.82. The molecule has 80 valence electrons. The van der Waals surface area contributed by atoms with Gasteiger partial charge in [0.15, 0.2) is 0 Å². The highest BCUT2D eigenvalue weighted by molar-refractivity contribution is 6.08. The molecule has 3 heterocycles. The van der Waals surface area contributed by atoms with Crippen LogP contribution in [0.2, 0.25) is 0 Å². The lowest BCUT2D eigenvalue weighted by Crippen LogP contribution is -1.94. The summed E-state index contributed by atoms with van der Waals surface area (Å²) in [6.07, 6.45) is 3.64. The summed E-state index contributed by atoms with van der Waals surface area (Å²) in [5.41, 5.74) is 8.12. The molecule has 5 nitrogen and oxygen atoms in total. The Labute approximate surface area is 93.3 Å². The van der Waals surface area contributed by atoms with Crippen molar-refractivity contribution in [2.75, 3.05) is 5.73 Å². The van der Waals surface area contributed by atoms with Crippen molar-refractivity contribution >= 4 is 27.6 Å². The minimum atomic E-state index is 0.246. The van der Waals surface area contributed by atoms with Crippen molar-refractivity contribution in [3.8, 4) is 0 Å². The molecule has 0 fully saturated rings. The maximum absolute atomic E-state index is 7.73. The van der Waals surface area contributed by atoms with Gasteiger partial charge in [0, 0.05) is 24.8 Å². The van der Waals surface area contributed by atoms with Crippen molar-refractivity contribution in [3.05, 3.63) is 24.1 Å². The number of nitrogen functional groups attached to an aromatic ring is 1. The van der Waals surface area contributed by atoms with E-state index in [1.165, 1.54) is 0 Å². The zero-order chi connectivity index (χ0) is 12.2. The molecule has 0 aliphatic heterocycles. The van der Waals surface area contributed by atoms with Gasteiger partial charge in [-0.15, -0.1) is 0 Å². The van der Waals surface area contributed by atoms with Crippen LogP contribution < -0.4 is 5.73 Å². The molecule has 3 aromatic heterocycles. The zero-order valence-corrected chi connectivity index (χ0v) is 9.02. The Bertz CT molecular complexity index is 747. The van der Waals surface area contributed by atoms with E-state index in [-0.39, 0.29) is 6.17 Å². The largest absolute Gasteiger partial charge is 0.383 e. The summed E-state index contributed by atoms with van der Waals surface area (Å²) in [7, 11) is 1.84. The van der Waals surface area contributed by atoms with Crippen LogP contribution in [-0.2, 0) is 7.05 Å². The minimum absolute atomic E-state index is 0.246. The lowest BCUT2D eigenvalue weighted by atomic mass is 10.1. The monoisotopic (exact) mass is 215 g/mol. The number of aryl methyl sites for hydroxylation is 2. The molecule has 16 heavy (non-hydrogen) atoms. The third-order valence-corrected chi connectivity index (χ3v) is 2.63. The molecule has 0 saturated heterocycles. The lowest BCUT2D eigenvalue weighted by molar-refractivity contribution is 0.780. The molecule has 0 amide bonds. The van der Waals surface area contributed by atoms with Crippen LogP contribution in [0.3, 0.4) is 0 Å². The normalized spacial score (nSPS) is 12.2. The van der Waals surface area contributed by atoms with E-state index in [2.05, 4.69) is 15.1 Å². The molecule has 0 aliphatic carbocycles. The van der Waals surface area contributed by atoms with Crippen molar-refractivity contribution < 1.29 is 1.37 Å². The first kappa shape index (κ1) is 8.04. The highest BCUT2D eigenvalue weighted by Gasteiger charge is 2.11. The molecule has 0 radical (unpaired) electrons. The number of rotatable bonds is 0. The zero-order valence-electron chi connectivity index (χ0n) is 10.0. The molecule has 5 heteroatoms. The second-order valence-electron chi connectivity index (χ2n) is 3.82. The summed E-state index contributed by atoms with van der Waals surface area (Å²) in [5.74, 6) is 0.444. The van der Waals surface area contributed by atoms with Gasteiger partial charge >= 0.3 is 0 Å². The van der Waals surface area contributed by atoms with Crippen LogP contribution in [-0.4, -0.2) is 19.7 Å². The number of nitrogens with zero attached hydrogens (tertiary/aromatic N) is 4. The van der Waals surface area contributed by atoms with Crippen LogP contribution >= 0.6 is 0 Å². The summed E-state index contributed by atoms with van der Waals surface area (Å²) in [4.78, 5) is 8.27. The molecule has 0 bridgehead atoms. The minimum Gasteiger partial charge on any atom is -0.383 e. The molecule has 3 aromatic rings. The maximum Gasteiger partial charge on any atom is 0.135 e. The quantitative estimate of drug-likeness (QED) is 0.615. The van der Waals surface area contributed by atoms with Gasteiger partial charge in [-0.3, -0.25) is 9.67 Å². The van der Waals surface area contributed by atoms with Crippen LogP contribution in [0.5, 0.6) is 0 Å². The van der Waals surface area contributed by atoms with E-state index in [9.17, 15) is 0 Å². The predicted molar refractivity (Wildman–Crippen MR) is 63.0 cm³/mol. The molecule has 0 aromatic carbocycles. The SMILES string of the molecule is [3H]c1ncc2nc(N)c3cn(C)nc3c2c1C. The van der Waals surface area contributed by atoms with Gasteiger partial charge in [-0.05, 0) is 12.5 Å². The summed E-state index contributed by atoms with van der Waals surface area (Å²) in [6, 6.07) is 0. The smallest absolute Gasteiger partial charge is 0.135 e. The first-order chi connectivity index (χ1) is 8.08. The molecule has 0 saturated carbocycles. The molecule has 0 aliphatic rings. The summed E-state index contributed by atoms with van der Waals surface area (Å²) < 4.78 is 9.43. The highest BCUT2D eigenvalue weighted by atomic mass is 15.2. The van der Waals surface area contributed by atoms with Crippen molar-refractivity contribution in [1.29, 1.82) is 0 Å². The van der Waals surface area contributed by atoms with Crippen LogP contribution in [0, 0.1) is 6.92 Å². The lowest BCUT2D eigenvalue weighted by Gasteiger charge is -2.02. The predicted octanol–water partition coefficient (Wildman–Crippen LogP) is 1.41. The van der Waals surface area contributed by atoms with E-state index in [0.717, 1.165) is 21.9 Å². The van der Waals surface area contributed by atoms with Gasteiger partial charge in [-0.2, -0.15) is 5.10 Å². The van der Waals surface area contributed by atoms with Gasteiger partial charge in [0.2, 0.25) is 0 Å². The highest BCUT2D eigenvalue weighted by Crippen LogP contribution is 2.27. The van der Waals surface area contributed by atoms with Gasteiger partial charge in [-0.1, -0.05) is 0 Å². The number of hydrogen-bond donors (Lipinski definition) is 1. The first-order valence-electron chi connectivity index (χ1n) is 5.42.